The monoisotopic (exact) mass is 369 g/mol. The van der Waals surface area contributed by atoms with Crippen LogP contribution in [0.1, 0.15) is 19.5 Å². The van der Waals surface area contributed by atoms with E-state index < -0.39 is 0 Å². The van der Waals surface area contributed by atoms with Gasteiger partial charge in [0.15, 0.2) is 5.96 Å². The summed E-state index contributed by atoms with van der Waals surface area (Å²) in [7, 11) is 5.89. The molecule has 1 fully saturated rings. The summed E-state index contributed by atoms with van der Waals surface area (Å²) in [4.78, 5) is 9.09. The molecule has 1 saturated heterocycles. The smallest absolute Gasteiger partial charge is 0.193 e. The van der Waals surface area contributed by atoms with Gasteiger partial charge in [0, 0.05) is 58.7 Å². The molecule has 1 atom stereocenters. The lowest BCUT2D eigenvalue weighted by Crippen LogP contribution is -2.52. The molecule has 1 aromatic rings. The Kier molecular flexibility index (Phi) is 7.59. The molecule has 1 unspecified atom stereocenters. The van der Waals surface area contributed by atoms with Gasteiger partial charge in [0.25, 0.3) is 0 Å². The summed E-state index contributed by atoms with van der Waals surface area (Å²) in [5.41, 5.74) is 1.16. The van der Waals surface area contributed by atoms with E-state index in [1.165, 1.54) is 0 Å². The van der Waals surface area contributed by atoms with Crippen LogP contribution in [0, 0.1) is 5.92 Å². The normalized spacial score (nSPS) is 17.8. The van der Waals surface area contributed by atoms with Crippen molar-refractivity contribution >= 4 is 17.6 Å². The third-order valence-corrected chi connectivity index (χ3v) is 5.01. The number of aryl methyl sites for hydroxylation is 1. The Labute approximate surface area is 156 Å². The molecular formula is C18H32ClN5O. The molecule has 25 heavy (non-hydrogen) atoms. The third-order valence-electron chi connectivity index (χ3n) is 4.80. The van der Waals surface area contributed by atoms with E-state index in [0.29, 0.717) is 12.0 Å². The van der Waals surface area contributed by atoms with E-state index in [4.69, 9.17) is 16.3 Å². The van der Waals surface area contributed by atoms with Crippen LogP contribution in [0.2, 0.25) is 5.02 Å². The number of aromatic nitrogens is 1. The lowest BCUT2D eigenvalue weighted by atomic mass is 10.0. The lowest BCUT2D eigenvalue weighted by Gasteiger charge is -2.37. The molecule has 0 radical (unpaired) electrons. The van der Waals surface area contributed by atoms with E-state index in [1.54, 1.807) is 0 Å². The minimum atomic E-state index is 0.471. The summed E-state index contributed by atoms with van der Waals surface area (Å²) in [6.45, 7) is 9.84. The summed E-state index contributed by atoms with van der Waals surface area (Å²) in [6, 6.07) is 2.47. The summed E-state index contributed by atoms with van der Waals surface area (Å²) >= 11 is 6.09. The molecule has 1 aliphatic rings. The minimum Gasteiger partial charge on any atom is -0.379 e. The minimum absolute atomic E-state index is 0.471. The Balaban J connectivity index is 1.94. The topological polar surface area (TPSA) is 45.0 Å². The number of halogens is 1. The second kappa shape index (κ2) is 9.46. The number of nitrogens with zero attached hydrogens (tertiary/aromatic N) is 4. The number of hydrogen-bond donors (Lipinski definition) is 1. The highest BCUT2D eigenvalue weighted by molar-refractivity contribution is 6.30. The van der Waals surface area contributed by atoms with Crippen LogP contribution in [0.5, 0.6) is 0 Å². The van der Waals surface area contributed by atoms with Gasteiger partial charge in [-0.3, -0.25) is 9.89 Å². The standard InChI is InChI=1S/C18H32ClN5O/c1-14(2)17(24-6-8-25-9-7-24)11-21-18(20-3)23(5)13-16-10-15(19)12-22(16)4/h10,12,14,17H,6-9,11,13H2,1-5H3,(H,20,21). The quantitative estimate of drug-likeness (QED) is 0.615. The van der Waals surface area contributed by atoms with Crippen LogP contribution in [0.25, 0.3) is 0 Å². The van der Waals surface area contributed by atoms with Gasteiger partial charge in [-0.25, -0.2) is 0 Å². The molecule has 1 aliphatic heterocycles. The molecule has 1 aromatic heterocycles. The average molecular weight is 370 g/mol. The molecular weight excluding hydrogens is 338 g/mol. The Morgan fingerprint density at radius 2 is 2.08 bits per heavy atom. The first-order valence-electron chi connectivity index (χ1n) is 8.96. The first-order chi connectivity index (χ1) is 11.9. The molecule has 0 bridgehead atoms. The fourth-order valence-electron chi connectivity index (χ4n) is 3.32. The summed E-state index contributed by atoms with van der Waals surface area (Å²) in [5, 5.41) is 4.31. The molecule has 0 saturated carbocycles. The van der Waals surface area contributed by atoms with E-state index >= 15 is 0 Å². The van der Waals surface area contributed by atoms with E-state index in [0.717, 1.165) is 56.1 Å². The molecule has 7 heteroatoms. The average Bonchev–Trinajstić information content (AvgIpc) is 2.89. The van der Waals surface area contributed by atoms with Crippen molar-refractivity contribution in [3.05, 3.63) is 23.0 Å². The van der Waals surface area contributed by atoms with Crippen molar-refractivity contribution in [3.8, 4) is 0 Å². The van der Waals surface area contributed by atoms with Gasteiger partial charge in [-0.15, -0.1) is 0 Å². The molecule has 1 N–H and O–H groups in total. The van der Waals surface area contributed by atoms with Crippen molar-refractivity contribution in [1.82, 2.24) is 19.7 Å². The highest BCUT2D eigenvalue weighted by atomic mass is 35.5. The fourth-order valence-corrected chi connectivity index (χ4v) is 3.59. The highest BCUT2D eigenvalue weighted by Gasteiger charge is 2.24. The van der Waals surface area contributed by atoms with Gasteiger partial charge in [0.2, 0.25) is 0 Å². The molecule has 0 spiro atoms. The Bertz CT molecular complexity index is 566. The van der Waals surface area contributed by atoms with Crippen molar-refractivity contribution in [3.63, 3.8) is 0 Å². The van der Waals surface area contributed by atoms with Crippen molar-refractivity contribution < 1.29 is 4.74 Å². The summed E-state index contributed by atoms with van der Waals surface area (Å²) in [6.07, 6.45) is 1.92. The van der Waals surface area contributed by atoms with Crippen molar-refractivity contribution in [2.45, 2.75) is 26.4 Å². The van der Waals surface area contributed by atoms with Crippen molar-refractivity contribution in [2.24, 2.45) is 18.0 Å². The number of guanidine groups is 1. The van der Waals surface area contributed by atoms with Gasteiger partial charge in [-0.2, -0.15) is 0 Å². The van der Waals surface area contributed by atoms with E-state index in [-0.39, 0.29) is 0 Å². The van der Waals surface area contributed by atoms with Crippen LogP contribution in [-0.4, -0.2) is 73.3 Å². The van der Waals surface area contributed by atoms with Crippen LogP contribution in [0.3, 0.4) is 0 Å². The zero-order valence-electron chi connectivity index (χ0n) is 16.1. The molecule has 2 heterocycles. The third kappa shape index (κ3) is 5.62. The number of morpholine rings is 1. The molecule has 0 amide bonds. The first-order valence-corrected chi connectivity index (χ1v) is 9.34. The molecule has 2 rings (SSSR count). The second-order valence-electron chi connectivity index (χ2n) is 7.00. The maximum absolute atomic E-state index is 6.09. The van der Waals surface area contributed by atoms with E-state index in [1.807, 2.05) is 26.4 Å². The maximum Gasteiger partial charge on any atom is 0.193 e. The van der Waals surface area contributed by atoms with Gasteiger partial charge >= 0.3 is 0 Å². The number of rotatable bonds is 6. The van der Waals surface area contributed by atoms with Crippen LogP contribution < -0.4 is 5.32 Å². The van der Waals surface area contributed by atoms with E-state index in [9.17, 15) is 0 Å². The lowest BCUT2D eigenvalue weighted by molar-refractivity contribution is 0.00741. The maximum atomic E-state index is 6.09. The zero-order chi connectivity index (χ0) is 18.4. The number of hydrogen-bond acceptors (Lipinski definition) is 3. The molecule has 0 aromatic carbocycles. The van der Waals surface area contributed by atoms with Gasteiger partial charge in [0.1, 0.15) is 0 Å². The van der Waals surface area contributed by atoms with Crippen LogP contribution >= 0.6 is 11.6 Å². The Morgan fingerprint density at radius 3 is 2.60 bits per heavy atom. The van der Waals surface area contributed by atoms with Gasteiger partial charge in [-0.1, -0.05) is 25.4 Å². The largest absolute Gasteiger partial charge is 0.379 e. The fraction of sp³-hybridized carbons (Fsp3) is 0.722. The van der Waals surface area contributed by atoms with Gasteiger partial charge < -0.3 is 19.5 Å². The predicted molar refractivity (Wildman–Crippen MR) is 104 cm³/mol. The number of nitrogens with one attached hydrogen (secondary N) is 1. The Morgan fingerprint density at radius 1 is 1.40 bits per heavy atom. The zero-order valence-corrected chi connectivity index (χ0v) is 16.9. The van der Waals surface area contributed by atoms with Gasteiger partial charge in [-0.05, 0) is 12.0 Å². The first kappa shape index (κ1) is 20.1. The number of ether oxygens (including phenoxy) is 1. The summed E-state index contributed by atoms with van der Waals surface area (Å²) < 4.78 is 7.54. The second-order valence-corrected chi connectivity index (χ2v) is 7.44. The van der Waals surface area contributed by atoms with Crippen molar-refractivity contribution in [1.29, 1.82) is 0 Å². The van der Waals surface area contributed by atoms with Crippen molar-refractivity contribution in [2.75, 3.05) is 46.9 Å². The van der Waals surface area contributed by atoms with Gasteiger partial charge in [0.05, 0.1) is 24.8 Å². The Hall–Kier alpha value is -1.24. The van der Waals surface area contributed by atoms with Crippen LogP contribution in [0.4, 0.5) is 0 Å². The predicted octanol–water partition coefficient (Wildman–Crippen LogP) is 2.04. The van der Waals surface area contributed by atoms with Crippen LogP contribution in [-0.2, 0) is 18.3 Å². The number of aliphatic imine (C=N–C) groups is 1. The highest BCUT2D eigenvalue weighted by Crippen LogP contribution is 2.15. The SMILES string of the molecule is CN=C(NCC(C(C)C)N1CCOCC1)N(C)Cc1cc(Cl)cn1C. The molecule has 6 nitrogen and oxygen atoms in total. The van der Waals surface area contributed by atoms with E-state index in [2.05, 4.69) is 45.6 Å². The summed E-state index contributed by atoms with van der Waals surface area (Å²) in [5.74, 6) is 1.47. The molecule has 142 valence electrons. The molecule has 0 aliphatic carbocycles. The van der Waals surface area contributed by atoms with Crippen LogP contribution in [0.15, 0.2) is 17.3 Å².